The van der Waals surface area contributed by atoms with Gasteiger partial charge in [-0.15, -0.1) is 11.8 Å². The maximum Gasteiger partial charge on any atom is 0.308 e. The summed E-state index contributed by atoms with van der Waals surface area (Å²) < 4.78 is 20.6. The molecule has 0 spiro atoms. The van der Waals surface area contributed by atoms with Crippen LogP contribution in [0.2, 0.25) is 0 Å². The number of nitrogens with zero attached hydrogens (tertiary/aromatic N) is 1. The van der Waals surface area contributed by atoms with Crippen molar-refractivity contribution in [3.05, 3.63) is 80.0 Å². The molecule has 0 unspecified atom stereocenters. The smallest absolute Gasteiger partial charge is 0.308 e. The van der Waals surface area contributed by atoms with Crippen LogP contribution in [0.4, 0.5) is 4.39 Å². The summed E-state index contributed by atoms with van der Waals surface area (Å²) in [7, 11) is 0. The summed E-state index contributed by atoms with van der Waals surface area (Å²) >= 11 is 2.84. The van der Waals surface area contributed by atoms with Crippen LogP contribution in [0.1, 0.15) is 26.7 Å². The minimum atomic E-state index is -0.388. The Balaban J connectivity index is 1.53. The van der Waals surface area contributed by atoms with Gasteiger partial charge >= 0.3 is 4.87 Å². The van der Waals surface area contributed by atoms with Gasteiger partial charge in [0.25, 0.3) is 0 Å². The third-order valence-electron chi connectivity index (χ3n) is 5.24. The van der Waals surface area contributed by atoms with Crippen molar-refractivity contribution in [1.29, 1.82) is 0 Å². The molecule has 7 heteroatoms. The van der Waals surface area contributed by atoms with Crippen molar-refractivity contribution >= 4 is 28.9 Å². The number of benzene rings is 2. The van der Waals surface area contributed by atoms with Crippen LogP contribution in [0.5, 0.6) is 5.75 Å². The van der Waals surface area contributed by atoms with Crippen molar-refractivity contribution in [1.82, 2.24) is 4.57 Å². The van der Waals surface area contributed by atoms with E-state index in [0.29, 0.717) is 18.1 Å². The zero-order valence-corrected chi connectivity index (χ0v) is 16.4. The van der Waals surface area contributed by atoms with Gasteiger partial charge in [0.1, 0.15) is 11.6 Å². The third kappa shape index (κ3) is 2.89. The van der Waals surface area contributed by atoms with E-state index >= 15 is 0 Å². The number of ketones is 1. The second kappa shape index (κ2) is 6.90. The molecule has 0 amide bonds. The Hall–Kier alpha value is -2.38. The number of thioether (sulfide) groups is 1. The number of fused-ring (bicyclic) bond motifs is 5. The summed E-state index contributed by atoms with van der Waals surface area (Å²) in [5.74, 6) is 1.57. The largest absolute Gasteiger partial charge is 0.493 e. The normalized spacial score (nSPS) is 19.9. The highest BCUT2D eigenvalue weighted by Crippen LogP contribution is 2.50. The van der Waals surface area contributed by atoms with Crippen molar-refractivity contribution in [3.8, 4) is 5.75 Å². The van der Waals surface area contributed by atoms with Crippen LogP contribution < -0.4 is 9.61 Å². The molecule has 0 radical (unpaired) electrons. The first-order valence-corrected chi connectivity index (χ1v) is 10.8. The van der Waals surface area contributed by atoms with Crippen LogP contribution in [0.15, 0.2) is 58.4 Å². The summed E-state index contributed by atoms with van der Waals surface area (Å²) in [4.78, 5) is 26.3. The number of carbonyl (C=O) groups excluding carboxylic acids is 1. The van der Waals surface area contributed by atoms with Gasteiger partial charge in [0, 0.05) is 33.6 Å². The predicted molar refractivity (Wildman–Crippen MR) is 107 cm³/mol. The molecule has 0 fully saturated rings. The second-order valence-corrected chi connectivity index (χ2v) is 8.95. The van der Waals surface area contributed by atoms with Gasteiger partial charge in [-0.25, -0.2) is 4.39 Å². The second-order valence-electron chi connectivity index (χ2n) is 6.95. The highest BCUT2D eigenvalue weighted by atomic mass is 32.2. The fraction of sp³-hybridized carbons (Fsp3) is 0.238. The van der Waals surface area contributed by atoms with Crippen molar-refractivity contribution in [2.24, 2.45) is 5.92 Å². The van der Waals surface area contributed by atoms with E-state index in [1.807, 2.05) is 18.2 Å². The van der Waals surface area contributed by atoms with Gasteiger partial charge in [-0.1, -0.05) is 29.5 Å². The number of thiazole rings is 1. The van der Waals surface area contributed by atoms with Crippen molar-refractivity contribution in [3.63, 3.8) is 0 Å². The molecule has 3 heterocycles. The average Bonchev–Trinajstić information content (AvgIpc) is 3.03. The first-order valence-electron chi connectivity index (χ1n) is 8.98. The summed E-state index contributed by atoms with van der Waals surface area (Å²) in [6.45, 7) is 0.605. The minimum absolute atomic E-state index is 0.0289. The Morgan fingerprint density at radius 3 is 2.79 bits per heavy atom. The summed E-state index contributed by atoms with van der Waals surface area (Å²) in [6.07, 6.45) is 0. The molecule has 5 rings (SSSR count). The van der Waals surface area contributed by atoms with Crippen LogP contribution in [-0.4, -0.2) is 22.7 Å². The Bertz CT molecular complexity index is 1120. The van der Waals surface area contributed by atoms with Crippen molar-refractivity contribution < 1.29 is 13.9 Å². The number of rotatable bonds is 3. The standard InChI is InChI=1S/C21H16FNO3S2/c22-14-7-5-12(6-8-14)16(24)9-23-20-19(28-21(23)25)18-13(11-27-20)10-26-17-4-2-1-3-15(17)18/h1-8,13,18H,9-11H2/t13-,18+/m0/s1. The zero-order valence-electron chi connectivity index (χ0n) is 14.8. The van der Waals surface area contributed by atoms with Crippen LogP contribution in [0.3, 0.4) is 0 Å². The fourth-order valence-electron chi connectivity index (χ4n) is 3.86. The van der Waals surface area contributed by atoms with Gasteiger partial charge in [-0.3, -0.25) is 14.2 Å². The van der Waals surface area contributed by atoms with E-state index in [9.17, 15) is 14.0 Å². The highest BCUT2D eigenvalue weighted by Gasteiger charge is 2.39. The van der Waals surface area contributed by atoms with E-state index in [-0.39, 0.29) is 28.9 Å². The molecule has 0 bridgehead atoms. The van der Waals surface area contributed by atoms with Gasteiger partial charge in [0.2, 0.25) is 0 Å². The van der Waals surface area contributed by atoms with Crippen LogP contribution in [-0.2, 0) is 6.54 Å². The number of halogens is 1. The Kier molecular flexibility index (Phi) is 4.36. The number of Topliss-reactive ketones (excluding diaryl/α,β-unsaturated/α-hetero) is 1. The predicted octanol–water partition coefficient (Wildman–Crippen LogP) is 4.18. The summed E-state index contributed by atoms with van der Waals surface area (Å²) in [5, 5.41) is 0.878. The molecule has 3 aromatic rings. The Morgan fingerprint density at radius 2 is 1.96 bits per heavy atom. The number of ether oxygens (including phenoxy) is 1. The SMILES string of the molecule is O=C(Cn1c2c(sc1=O)[C@H]1c3ccccc3OC[C@H]1CS2)c1ccc(F)cc1. The minimum Gasteiger partial charge on any atom is -0.493 e. The van der Waals surface area contributed by atoms with E-state index in [2.05, 4.69) is 6.07 Å². The molecule has 2 atom stereocenters. The maximum absolute atomic E-state index is 13.1. The number of para-hydroxylation sites is 1. The Labute approximate surface area is 169 Å². The first kappa shape index (κ1) is 17.7. The number of aromatic nitrogens is 1. The topological polar surface area (TPSA) is 48.3 Å². The third-order valence-corrected chi connectivity index (χ3v) is 7.74. The van der Waals surface area contributed by atoms with Crippen LogP contribution >= 0.6 is 23.1 Å². The van der Waals surface area contributed by atoms with Gasteiger partial charge in [-0.2, -0.15) is 0 Å². The Morgan fingerprint density at radius 1 is 1.18 bits per heavy atom. The first-order chi connectivity index (χ1) is 13.6. The lowest BCUT2D eigenvalue weighted by Gasteiger charge is -2.36. The van der Waals surface area contributed by atoms with Gasteiger partial charge in [0.05, 0.1) is 18.2 Å². The zero-order chi connectivity index (χ0) is 19.3. The number of hydrogen-bond acceptors (Lipinski definition) is 5. The molecule has 1 aromatic heterocycles. The van der Waals surface area contributed by atoms with Crippen LogP contribution in [0, 0.1) is 11.7 Å². The molecule has 4 nitrogen and oxygen atoms in total. The molecular weight excluding hydrogens is 397 g/mol. The number of carbonyl (C=O) groups is 1. The van der Waals surface area contributed by atoms with Gasteiger partial charge in [0.15, 0.2) is 5.78 Å². The molecule has 0 N–H and O–H groups in total. The lowest BCUT2D eigenvalue weighted by molar-refractivity contribution is 0.0968. The molecule has 0 saturated carbocycles. The summed E-state index contributed by atoms with van der Waals surface area (Å²) in [6, 6.07) is 13.4. The maximum atomic E-state index is 13.1. The van der Waals surface area contributed by atoms with E-state index in [1.165, 1.54) is 35.6 Å². The molecule has 0 saturated heterocycles. The van der Waals surface area contributed by atoms with Crippen LogP contribution in [0.25, 0.3) is 0 Å². The van der Waals surface area contributed by atoms with Gasteiger partial charge < -0.3 is 4.74 Å². The van der Waals surface area contributed by atoms with E-state index in [0.717, 1.165) is 27.0 Å². The van der Waals surface area contributed by atoms with Gasteiger partial charge in [-0.05, 0) is 30.3 Å². The molecule has 2 aliphatic heterocycles. The fourth-order valence-corrected chi connectivity index (χ4v) is 6.55. The lowest BCUT2D eigenvalue weighted by Crippen LogP contribution is -2.31. The quantitative estimate of drug-likeness (QED) is 0.605. The average molecular weight is 413 g/mol. The number of hydrogen-bond donors (Lipinski definition) is 0. The van der Waals surface area contributed by atoms with E-state index in [1.54, 1.807) is 16.3 Å². The van der Waals surface area contributed by atoms with E-state index in [4.69, 9.17) is 4.74 Å². The molecular formula is C21H16FNO3S2. The summed E-state index contributed by atoms with van der Waals surface area (Å²) in [5.41, 5.74) is 1.52. The van der Waals surface area contributed by atoms with E-state index < -0.39 is 0 Å². The molecule has 2 aliphatic rings. The lowest BCUT2D eigenvalue weighted by atomic mass is 9.84. The monoisotopic (exact) mass is 413 g/mol. The van der Waals surface area contributed by atoms with Crippen molar-refractivity contribution in [2.75, 3.05) is 12.4 Å². The molecule has 2 aromatic carbocycles. The molecule has 0 aliphatic carbocycles. The van der Waals surface area contributed by atoms with Crippen molar-refractivity contribution in [2.45, 2.75) is 17.5 Å². The molecule has 142 valence electrons. The molecule has 28 heavy (non-hydrogen) atoms. The highest BCUT2D eigenvalue weighted by molar-refractivity contribution is 7.99.